The van der Waals surface area contributed by atoms with Crippen molar-refractivity contribution in [3.8, 4) is 0 Å². The second-order valence-corrected chi connectivity index (χ2v) is 4.74. The van der Waals surface area contributed by atoms with Gasteiger partial charge in [-0.05, 0) is 37.1 Å². The highest BCUT2D eigenvalue weighted by atomic mass is 35.5. The lowest BCUT2D eigenvalue weighted by Crippen LogP contribution is -2.30. The Hall–Kier alpha value is -1.42. The Labute approximate surface area is 112 Å². The standard InChI is InChI=1S/C14H16ClN3/c1-9-5-6-10(2)11(8-9)13(18-16)14-12(15)4-3-7-17-14/h3-8,13,18H,16H2,1-2H3. The van der Waals surface area contributed by atoms with Gasteiger partial charge in [0.1, 0.15) is 0 Å². The average molecular weight is 262 g/mol. The Morgan fingerprint density at radius 3 is 2.72 bits per heavy atom. The second kappa shape index (κ2) is 5.48. The molecule has 1 aromatic heterocycles. The van der Waals surface area contributed by atoms with Crippen LogP contribution in [0.3, 0.4) is 0 Å². The van der Waals surface area contributed by atoms with Crippen molar-refractivity contribution in [1.29, 1.82) is 0 Å². The van der Waals surface area contributed by atoms with Crippen LogP contribution in [0.1, 0.15) is 28.4 Å². The summed E-state index contributed by atoms with van der Waals surface area (Å²) in [5.74, 6) is 5.68. The Kier molecular flexibility index (Phi) is 3.97. The van der Waals surface area contributed by atoms with Gasteiger partial charge in [-0.15, -0.1) is 0 Å². The zero-order chi connectivity index (χ0) is 13.1. The van der Waals surface area contributed by atoms with E-state index < -0.39 is 0 Å². The molecule has 1 unspecified atom stereocenters. The van der Waals surface area contributed by atoms with E-state index in [4.69, 9.17) is 17.4 Å². The minimum atomic E-state index is -0.196. The third kappa shape index (κ3) is 2.53. The predicted octanol–water partition coefficient (Wildman–Crippen LogP) is 2.90. The Morgan fingerprint density at radius 2 is 2.06 bits per heavy atom. The van der Waals surface area contributed by atoms with E-state index in [1.54, 1.807) is 6.20 Å². The van der Waals surface area contributed by atoms with E-state index in [1.165, 1.54) is 5.56 Å². The number of rotatable bonds is 3. The van der Waals surface area contributed by atoms with E-state index in [0.29, 0.717) is 5.02 Å². The van der Waals surface area contributed by atoms with Crippen LogP contribution in [0.5, 0.6) is 0 Å². The van der Waals surface area contributed by atoms with E-state index in [1.807, 2.05) is 12.1 Å². The molecule has 0 aliphatic rings. The molecule has 0 fully saturated rings. The van der Waals surface area contributed by atoms with Gasteiger partial charge in [-0.3, -0.25) is 10.8 Å². The summed E-state index contributed by atoms with van der Waals surface area (Å²) in [6.07, 6.45) is 1.72. The van der Waals surface area contributed by atoms with Crippen molar-refractivity contribution in [2.45, 2.75) is 19.9 Å². The van der Waals surface area contributed by atoms with Crippen LogP contribution >= 0.6 is 11.6 Å². The van der Waals surface area contributed by atoms with Gasteiger partial charge in [0.15, 0.2) is 0 Å². The van der Waals surface area contributed by atoms with Gasteiger partial charge in [0.05, 0.1) is 16.8 Å². The summed E-state index contributed by atoms with van der Waals surface area (Å²) in [5.41, 5.74) is 6.98. The first-order chi connectivity index (χ1) is 8.63. The highest BCUT2D eigenvalue weighted by Gasteiger charge is 2.18. The van der Waals surface area contributed by atoms with Crippen LogP contribution in [0.4, 0.5) is 0 Å². The molecule has 0 radical (unpaired) electrons. The maximum absolute atomic E-state index is 6.18. The van der Waals surface area contributed by atoms with E-state index in [2.05, 4.69) is 42.5 Å². The number of pyridine rings is 1. The SMILES string of the molecule is Cc1ccc(C)c(C(NN)c2ncccc2Cl)c1. The van der Waals surface area contributed by atoms with Crippen molar-refractivity contribution in [2.75, 3.05) is 0 Å². The van der Waals surface area contributed by atoms with Crippen LogP contribution in [0.2, 0.25) is 5.02 Å². The summed E-state index contributed by atoms with van der Waals surface area (Å²) in [4.78, 5) is 4.32. The molecule has 0 saturated carbocycles. The van der Waals surface area contributed by atoms with Crippen LogP contribution in [0.25, 0.3) is 0 Å². The molecule has 0 bridgehead atoms. The molecule has 1 heterocycles. The van der Waals surface area contributed by atoms with Gasteiger partial charge in [-0.1, -0.05) is 35.4 Å². The van der Waals surface area contributed by atoms with Gasteiger partial charge in [-0.2, -0.15) is 0 Å². The van der Waals surface area contributed by atoms with Crippen molar-refractivity contribution in [3.63, 3.8) is 0 Å². The van der Waals surface area contributed by atoms with Crippen molar-refractivity contribution in [2.24, 2.45) is 5.84 Å². The fourth-order valence-electron chi connectivity index (χ4n) is 2.00. The van der Waals surface area contributed by atoms with E-state index in [0.717, 1.165) is 16.8 Å². The number of aromatic nitrogens is 1. The minimum Gasteiger partial charge on any atom is -0.271 e. The second-order valence-electron chi connectivity index (χ2n) is 4.33. The van der Waals surface area contributed by atoms with Gasteiger partial charge in [-0.25, -0.2) is 5.43 Å². The zero-order valence-electron chi connectivity index (χ0n) is 10.4. The maximum Gasteiger partial charge on any atom is 0.0899 e. The molecule has 94 valence electrons. The normalized spacial score (nSPS) is 12.4. The van der Waals surface area contributed by atoms with E-state index >= 15 is 0 Å². The molecule has 1 aromatic carbocycles. The predicted molar refractivity (Wildman–Crippen MR) is 74.3 cm³/mol. The maximum atomic E-state index is 6.18. The number of hydrogen-bond acceptors (Lipinski definition) is 3. The number of aryl methyl sites for hydroxylation is 2. The molecule has 1 atom stereocenters. The zero-order valence-corrected chi connectivity index (χ0v) is 11.2. The Morgan fingerprint density at radius 1 is 1.28 bits per heavy atom. The molecule has 3 nitrogen and oxygen atoms in total. The highest BCUT2D eigenvalue weighted by Crippen LogP contribution is 2.28. The number of benzene rings is 1. The summed E-state index contributed by atoms with van der Waals surface area (Å²) >= 11 is 6.18. The number of halogens is 1. The topological polar surface area (TPSA) is 50.9 Å². The first kappa shape index (κ1) is 13.0. The van der Waals surface area contributed by atoms with E-state index in [-0.39, 0.29) is 6.04 Å². The molecular weight excluding hydrogens is 246 g/mol. The first-order valence-corrected chi connectivity index (χ1v) is 6.15. The lowest BCUT2D eigenvalue weighted by Gasteiger charge is -2.19. The summed E-state index contributed by atoms with van der Waals surface area (Å²) in [6.45, 7) is 4.10. The molecule has 0 aliphatic heterocycles. The van der Waals surface area contributed by atoms with Gasteiger partial charge in [0.25, 0.3) is 0 Å². The summed E-state index contributed by atoms with van der Waals surface area (Å²) in [5, 5.41) is 0.612. The fraction of sp³-hybridized carbons (Fsp3) is 0.214. The molecule has 2 aromatic rings. The average Bonchev–Trinajstić information content (AvgIpc) is 2.36. The lowest BCUT2D eigenvalue weighted by molar-refractivity contribution is 0.617. The van der Waals surface area contributed by atoms with Crippen LogP contribution in [-0.2, 0) is 0 Å². The largest absolute Gasteiger partial charge is 0.271 e. The number of nitrogens with two attached hydrogens (primary N) is 1. The van der Waals surface area contributed by atoms with Gasteiger partial charge >= 0.3 is 0 Å². The third-order valence-corrected chi connectivity index (χ3v) is 3.29. The number of hydrazine groups is 1. The van der Waals surface area contributed by atoms with Crippen molar-refractivity contribution >= 4 is 11.6 Å². The summed E-state index contributed by atoms with van der Waals surface area (Å²) < 4.78 is 0. The molecule has 18 heavy (non-hydrogen) atoms. The smallest absolute Gasteiger partial charge is 0.0899 e. The summed E-state index contributed by atoms with van der Waals surface area (Å²) in [7, 11) is 0. The number of nitrogens with one attached hydrogen (secondary N) is 1. The van der Waals surface area contributed by atoms with Gasteiger partial charge in [0, 0.05) is 6.20 Å². The fourth-order valence-corrected chi connectivity index (χ4v) is 2.23. The van der Waals surface area contributed by atoms with E-state index in [9.17, 15) is 0 Å². The number of hydrogen-bond donors (Lipinski definition) is 2. The first-order valence-electron chi connectivity index (χ1n) is 5.77. The Bertz CT molecular complexity index is 554. The molecule has 0 saturated heterocycles. The monoisotopic (exact) mass is 261 g/mol. The van der Waals surface area contributed by atoms with Crippen LogP contribution in [0, 0.1) is 13.8 Å². The third-order valence-electron chi connectivity index (χ3n) is 2.97. The molecule has 2 rings (SSSR count). The van der Waals surface area contributed by atoms with Crippen LogP contribution in [0.15, 0.2) is 36.5 Å². The van der Waals surface area contributed by atoms with Crippen molar-refractivity contribution in [3.05, 3.63) is 63.9 Å². The molecule has 0 amide bonds. The van der Waals surface area contributed by atoms with Crippen LogP contribution < -0.4 is 11.3 Å². The number of nitrogens with zero attached hydrogens (tertiary/aromatic N) is 1. The summed E-state index contributed by atoms with van der Waals surface area (Å²) in [6, 6.07) is 9.68. The lowest BCUT2D eigenvalue weighted by atomic mass is 9.97. The molecule has 4 heteroatoms. The molecule has 0 aliphatic carbocycles. The quantitative estimate of drug-likeness (QED) is 0.660. The molecular formula is C14H16ClN3. The van der Waals surface area contributed by atoms with Crippen molar-refractivity contribution in [1.82, 2.24) is 10.4 Å². The Balaban J connectivity index is 2.52. The molecule has 3 N–H and O–H groups in total. The molecule has 0 spiro atoms. The van der Waals surface area contributed by atoms with Gasteiger partial charge in [0.2, 0.25) is 0 Å². The highest BCUT2D eigenvalue weighted by molar-refractivity contribution is 6.31. The minimum absolute atomic E-state index is 0.196. The van der Waals surface area contributed by atoms with Crippen LogP contribution in [-0.4, -0.2) is 4.98 Å². The van der Waals surface area contributed by atoms with Crippen molar-refractivity contribution < 1.29 is 0 Å². The van der Waals surface area contributed by atoms with Gasteiger partial charge < -0.3 is 0 Å².